The predicted molar refractivity (Wildman–Crippen MR) is 95.6 cm³/mol. The predicted octanol–water partition coefficient (Wildman–Crippen LogP) is 3.80. The van der Waals surface area contributed by atoms with Crippen molar-refractivity contribution in [1.29, 1.82) is 0 Å². The van der Waals surface area contributed by atoms with Gasteiger partial charge in [-0.05, 0) is 49.4 Å². The number of hydrogen-bond donors (Lipinski definition) is 2. The Morgan fingerprint density at radius 2 is 2.04 bits per heavy atom. The molecule has 0 aliphatic heterocycles. The lowest BCUT2D eigenvalue weighted by Crippen LogP contribution is -2.30. The number of aryl methyl sites for hydroxylation is 1. The number of pyridine rings is 2. The number of nitrogens with one attached hydrogen (secondary N) is 1. The van der Waals surface area contributed by atoms with Crippen molar-refractivity contribution in [3.8, 4) is 5.75 Å². The lowest BCUT2D eigenvalue weighted by molar-refractivity contribution is 0.0936. The number of aromatic nitrogens is 2. The number of phenols is 1. The number of amides is 1. The number of phenolic OH excluding ortho intramolecular Hbond substituents is 1. The molecule has 0 fully saturated rings. The van der Waals surface area contributed by atoms with E-state index >= 15 is 0 Å². The van der Waals surface area contributed by atoms with Gasteiger partial charge in [0.25, 0.3) is 5.91 Å². The van der Waals surface area contributed by atoms with E-state index in [1.807, 2.05) is 0 Å². The first kappa shape index (κ1) is 17.8. The van der Waals surface area contributed by atoms with Crippen LogP contribution >= 0.6 is 11.6 Å². The van der Waals surface area contributed by atoms with Crippen LogP contribution in [0.2, 0.25) is 5.02 Å². The zero-order valence-electron chi connectivity index (χ0n) is 13.8. The van der Waals surface area contributed by atoms with Crippen molar-refractivity contribution in [2.45, 2.75) is 13.0 Å². The third-order valence-electron chi connectivity index (χ3n) is 3.74. The van der Waals surface area contributed by atoms with Gasteiger partial charge in [0, 0.05) is 17.5 Å². The minimum Gasteiger partial charge on any atom is -0.508 e. The SMILES string of the molecule is Cc1cccc(C(=O)NC(c2ccc(Cl)cn2)c2cc(F)ccc2O)n1. The molecule has 1 amide bonds. The van der Waals surface area contributed by atoms with Crippen LogP contribution < -0.4 is 5.32 Å². The summed E-state index contributed by atoms with van der Waals surface area (Å²) < 4.78 is 13.7. The summed E-state index contributed by atoms with van der Waals surface area (Å²) in [5.74, 6) is -1.18. The van der Waals surface area contributed by atoms with Crippen molar-refractivity contribution in [2.75, 3.05) is 0 Å². The molecule has 2 aromatic heterocycles. The monoisotopic (exact) mass is 371 g/mol. The van der Waals surface area contributed by atoms with Crippen molar-refractivity contribution in [3.63, 3.8) is 0 Å². The summed E-state index contributed by atoms with van der Waals surface area (Å²) >= 11 is 5.87. The molecule has 0 bridgehead atoms. The van der Waals surface area contributed by atoms with E-state index in [0.717, 1.165) is 12.1 Å². The van der Waals surface area contributed by atoms with Gasteiger partial charge < -0.3 is 10.4 Å². The second-order valence-electron chi connectivity index (χ2n) is 5.68. The van der Waals surface area contributed by atoms with Gasteiger partial charge in [-0.3, -0.25) is 9.78 Å². The molecule has 1 aromatic carbocycles. The molecule has 0 spiro atoms. The van der Waals surface area contributed by atoms with Crippen molar-refractivity contribution < 1.29 is 14.3 Å². The molecule has 1 unspecified atom stereocenters. The van der Waals surface area contributed by atoms with Crippen LogP contribution in [0, 0.1) is 12.7 Å². The summed E-state index contributed by atoms with van der Waals surface area (Å²) in [6.45, 7) is 1.77. The van der Waals surface area contributed by atoms with E-state index < -0.39 is 17.8 Å². The Morgan fingerprint density at radius 3 is 2.73 bits per heavy atom. The van der Waals surface area contributed by atoms with Crippen LogP contribution in [0.4, 0.5) is 4.39 Å². The number of carbonyl (C=O) groups is 1. The standard InChI is InChI=1S/C19H15ClFN3O2/c1-11-3-2-4-16(23-11)19(26)24-18(15-7-5-12(20)10-22-15)14-9-13(21)6-8-17(14)25/h2-10,18,25H,1H3,(H,24,26). The maximum absolute atomic E-state index is 13.7. The quantitative estimate of drug-likeness (QED) is 0.731. The number of benzene rings is 1. The number of rotatable bonds is 4. The van der Waals surface area contributed by atoms with Gasteiger partial charge in [-0.1, -0.05) is 17.7 Å². The van der Waals surface area contributed by atoms with Crippen molar-refractivity contribution in [2.24, 2.45) is 0 Å². The summed E-state index contributed by atoms with van der Waals surface area (Å²) in [5, 5.41) is 13.3. The van der Waals surface area contributed by atoms with Crippen LogP contribution in [0.3, 0.4) is 0 Å². The van der Waals surface area contributed by atoms with Gasteiger partial charge in [0.15, 0.2) is 0 Å². The molecule has 3 rings (SSSR count). The van der Waals surface area contributed by atoms with Gasteiger partial charge in [0.05, 0.1) is 10.7 Å². The number of aromatic hydroxyl groups is 1. The van der Waals surface area contributed by atoms with Gasteiger partial charge in [0.1, 0.15) is 23.3 Å². The topological polar surface area (TPSA) is 75.1 Å². The highest BCUT2D eigenvalue weighted by Crippen LogP contribution is 2.29. The molecule has 0 aliphatic carbocycles. The van der Waals surface area contributed by atoms with E-state index in [-0.39, 0.29) is 17.0 Å². The number of nitrogens with zero attached hydrogens (tertiary/aromatic N) is 2. The fraction of sp³-hybridized carbons (Fsp3) is 0.105. The Labute approximate surface area is 154 Å². The van der Waals surface area contributed by atoms with Gasteiger partial charge in [-0.25, -0.2) is 9.37 Å². The Morgan fingerprint density at radius 1 is 1.23 bits per heavy atom. The number of halogens is 2. The molecule has 7 heteroatoms. The van der Waals surface area contributed by atoms with Crippen LogP contribution in [0.15, 0.2) is 54.7 Å². The number of hydrogen-bond acceptors (Lipinski definition) is 4. The molecular formula is C19H15ClFN3O2. The van der Waals surface area contributed by atoms with Crippen LogP contribution in [-0.2, 0) is 0 Å². The normalized spacial score (nSPS) is 11.8. The molecule has 2 N–H and O–H groups in total. The first-order chi connectivity index (χ1) is 12.4. The van der Waals surface area contributed by atoms with Gasteiger partial charge >= 0.3 is 0 Å². The lowest BCUT2D eigenvalue weighted by atomic mass is 10.0. The molecule has 1 atom stereocenters. The Kier molecular flexibility index (Phi) is 5.14. The molecule has 0 radical (unpaired) electrons. The zero-order valence-corrected chi connectivity index (χ0v) is 14.5. The molecule has 26 heavy (non-hydrogen) atoms. The van der Waals surface area contributed by atoms with E-state index in [0.29, 0.717) is 16.4 Å². The number of carbonyl (C=O) groups excluding carboxylic acids is 1. The fourth-order valence-corrected chi connectivity index (χ4v) is 2.61. The molecule has 0 saturated heterocycles. The fourth-order valence-electron chi connectivity index (χ4n) is 2.50. The van der Waals surface area contributed by atoms with E-state index in [2.05, 4.69) is 15.3 Å². The van der Waals surface area contributed by atoms with Crippen molar-refractivity contribution in [1.82, 2.24) is 15.3 Å². The average molecular weight is 372 g/mol. The van der Waals surface area contributed by atoms with Gasteiger partial charge in [-0.15, -0.1) is 0 Å². The third kappa shape index (κ3) is 3.97. The van der Waals surface area contributed by atoms with Crippen LogP contribution in [0.25, 0.3) is 0 Å². The van der Waals surface area contributed by atoms with Crippen LogP contribution in [0.1, 0.15) is 33.5 Å². The maximum Gasteiger partial charge on any atom is 0.270 e. The minimum atomic E-state index is -0.877. The summed E-state index contributed by atoms with van der Waals surface area (Å²) in [6.07, 6.45) is 1.41. The first-order valence-corrected chi connectivity index (χ1v) is 8.16. The Balaban J connectivity index is 2.01. The molecular weight excluding hydrogens is 357 g/mol. The van der Waals surface area contributed by atoms with Crippen molar-refractivity contribution >= 4 is 17.5 Å². The smallest absolute Gasteiger partial charge is 0.270 e. The van der Waals surface area contributed by atoms with Crippen LogP contribution in [-0.4, -0.2) is 21.0 Å². The lowest BCUT2D eigenvalue weighted by Gasteiger charge is -2.20. The zero-order chi connectivity index (χ0) is 18.7. The van der Waals surface area contributed by atoms with E-state index in [9.17, 15) is 14.3 Å². The summed E-state index contributed by atoms with van der Waals surface area (Å²) in [6, 6.07) is 10.9. The van der Waals surface area contributed by atoms with E-state index in [1.165, 1.54) is 12.3 Å². The highest BCUT2D eigenvalue weighted by molar-refractivity contribution is 6.30. The molecule has 0 aliphatic rings. The third-order valence-corrected chi connectivity index (χ3v) is 3.97. The van der Waals surface area contributed by atoms with Crippen molar-refractivity contribution in [3.05, 3.63) is 88.2 Å². The second-order valence-corrected chi connectivity index (χ2v) is 6.11. The second kappa shape index (κ2) is 7.49. The largest absolute Gasteiger partial charge is 0.508 e. The minimum absolute atomic E-state index is 0.161. The summed E-state index contributed by atoms with van der Waals surface area (Å²) in [4.78, 5) is 21.0. The highest BCUT2D eigenvalue weighted by Gasteiger charge is 2.23. The maximum atomic E-state index is 13.7. The highest BCUT2D eigenvalue weighted by atomic mass is 35.5. The molecule has 0 saturated carbocycles. The first-order valence-electron chi connectivity index (χ1n) is 7.78. The molecule has 2 heterocycles. The van der Waals surface area contributed by atoms with E-state index in [1.54, 1.807) is 37.3 Å². The van der Waals surface area contributed by atoms with Crippen LogP contribution in [0.5, 0.6) is 5.75 Å². The summed E-state index contributed by atoms with van der Waals surface area (Å²) in [5.41, 5.74) is 1.48. The van der Waals surface area contributed by atoms with E-state index in [4.69, 9.17) is 11.6 Å². The van der Waals surface area contributed by atoms with Gasteiger partial charge in [-0.2, -0.15) is 0 Å². The molecule has 3 aromatic rings. The summed E-state index contributed by atoms with van der Waals surface area (Å²) in [7, 11) is 0. The average Bonchev–Trinajstić information content (AvgIpc) is 2.62. The Hall–Kier alpha value is -2.99. The Bertz CT molecular complexity index is 948. The molecule has 132 valence electrons. The molecule has 5 nitrogen and oxygen atoms in total. The van der Waals surface area contributed by atoms with Gasteiger partial charge in [0.2, 0.25) is 0 Å².